The molecule has 0 aromatic carbocycles. The lowest BCUT2D eigenvalue weighted by Crippen LogP contribution is -2.31. The van der Waals surface area contributed by atoms with Crippen LogP contribution >= 0.6 is 11.3 Å². The zero-order chi connectivity index (χ0) is 11.3. The molecule has 0 saturated heterocycles. The van der Waals surface area contributed by atoms with Gasteiger partial charge in [-0.1, -0.05) is 33.6 Å². The first kappa shape index (κ1) is 12.7. The minimum atomic E-state index is 0.336. The smallest absolute Gasteiger partial charge is 0.0115 e. The minimum absolute atomic E-state index is 0.336. The molecule has 1 aromatic rings. The van der Waals surface area contributed by atoms with Crippen LogP contribution in [0.5, 0.6) is 0 Å². The van der Waals surface area contributed by atoms with Crippen LogP contribution in [0, 0.1) is 5.92 Å². The average Bonchev–Trinajstić information content (AvgIpc) is 2.67. The largest absolute Gasteiger partial charge is 0.327 e. The molecule has 1 atom stereocenters. The molecule has 0 saturated carbocycles. The van der Waals surface area contributed by atoms with Gasteiger partial charge >= 0.3 is 0 Å². The Kier molecular flexibility index (Phi) is 5.34. The Morgan fingerprint density at radius 2 is 1.73 bits per heavy atom. The van der Waals surface area contributed by atoms with Gasteiger partial charge in [0.05, 0.1) is 0 Å². The Bertz CT molecular complexity index is 276. The third-order valence-corrected chi connectivity index (χ3v) is 4.41. The summed E-state index contributed by atoms with van der Waals surface area (Å²) in [4.78, 5) is 2.92. The molecule has 2 heteroatoms. The van der Waals surface area contributed by atoms with Crippen LogP contribution in [0.3, 0.4) is 0 Å². The molecule has 2 N–H and O–H groups in total. The predicted molar refractivity (Wildman–Crippen MR) is 69.4 cm³/mol. The number of hydrogen-bond donors (Lipinski definition) is 1. The predicted octanol–water partition coefficient (Wildman–Crippen LogP) is 3.62. The molecule has 1 unspecified atom stereocenters. The molecule has 0 aliphatic heterocycles. The van der Waals surface area contributed by atoms with Crippen LogP contribution in [-0.4, -0.2) is 6.04 Å². The molecule has 15 heavy (non-hydrogen) atoms. The lowest BCUT2D eigenvalue weighted by atomic mass is 9.92. The lowest BCUT2D eigenvalue weighted by Gasteiger charge is -2.20. The maximum Gasteiger partial charge on any atom is 0.0115 e. The summed E-state index contributed by atoms with van der Waals surface area (Å²) in [6, 6.07) is 4.81. The Balaban J connectivity index is 2.53. The van der Waals surface area contributed by atoms with Crippen LogP contribution in [0.15, 0.2) is 12.1 Å². The second-order valence-electron chi connectivity index (χ2n) is 4.17. The van der Waals surface area contributed by atoms with Crippen LogP contribution in [0.4, 0.5) is 0 Å². The van der Waals surface area contributed by atoms with Crippen LogP contribution in [-0.2, 0) is 12.8 Å². The van der Waals surface area contributed by atoms with Crippen LogP contribution in [0.1, 0.15) is 43.4 Å². The molecule has 0 radical (unpaired) electrons. The summed E-state index contributed by atoms with van der Waals surface area (Å²) in [5.74, 6) is 0.678. The van der Waals surface area contributed by atoms with E-state index < -0.39 is 0 Å². The van der Waals surface area contributed by atoms with Crippen LogP contribution in [0.2, 0.25) is 0 Å². The van der Waals surface area contributed by atoms with E-state index in [2.05, 4.69) is 32.9 Å². The Hall–Kier alpha value is -0.340. The summed E-state index contributed by atoms with van der Waals surface area (Å²) < 4.78 is 0. The van der Waals surface area contributed by atoms with E-state index in [-0.39, 0.29) is 0 Å². The summed E-state index contributed by atoms with van der Waals surface area (Å²) in [6.45, 7) is 6.68. The monoisotopic (exact) mass is 225 g/mol. The molecular weight excluding hydrogens is 202 g/mol. The summed E-state index contributed by atoms with van der Waals surface area (Å²) in [5, 5.41) is 0. The number of hydrogen-bond acceptors (Lipinski definition) is 2. The zero-order valence-electron chi connectivity index (χ0n) is 10.1. The average molecular weight is 225 g/mol. The Morgan fingerprint density at radius 1 is 1.13 bits per heavy atom. The highest BCUT2D eigenvalue weighted by Gasteiger charge is 2.15. The highest BCUT2D eigenvalue weighted by atomic mass is 32.1. The van der Waals surface area contributed by atoms with Crippen molar-refractivity contribution in [3.05, 3.63) is 21.9 Å². The van der Waals surface area contributed by atoms with Gasteiger partial charge in [-0.05, 0) is 30.9 Å². The van der Waals surface area contributed by atoms with Gasteiger partial charge in [0.2, 0.25) is 0 Å². The molecule has 1 heterocycles. The molecule has 0 aliphatic carbocycles. The summed E-state index contributed by atoms with van der Waals surface area (Å²) >= 11 is 1.92. The normalized spacial score (nSPS) is 13.4. The quantitative estimate of drug-likeness (QED) is 0.786. The number of rotatable bonds is 6. The van der Waals surface area contributed by atoms with Crippen molar-refractivity contribution in [2.45, 2.75) is 52.5 Å². The van der Waals surface area contributed by atoms with Gasteiger partial charge in [-0.3, -0.25) is 0 Å². The second kappa shape index (κ2) is 6.29. The number of aryl methyl sites for hydroxylation is 1. The third kappa shape index (κ3) is 3.62. The Morgan fingerprint density at radius 3 is 2.20 bits per heavy atom. The van der Waals surface area contributed by atoms with E-state index in [0.29, 0.717) is 12.0 Å². The fourth-order valence-electron chi connectivity index (χ4n) is 2.02. The molecule has 1 nitrogen and oxygen atoms in total. The van der Waals surface area contributed by atoms with Gasteiger partial charge < -0.3 is 5.73 Å². The van der Waals surface area contributed by atoms with Crippen molar-refractivity contribution in [1.29, 1.82) is 0 Å². The molecule has 0 spiro atoms. The van der Waals surface area contributed by atoms with Crippen molar-refractivity contribution in [3.8, 4) is 0 Å². The Labute approximate surface area is 97.7 Å². The molecule has 0 bridgehead atoms. The first-order chi connectivity index (χ1) is 7.21. The van der Waals surface area contributed by atoms with Crippen molar-refractivity contribution in [3.63, 3.8) is 0 Å². The summed E-state index contributed by atoms with van der Waals surface area (Å²) in [7, 11) is 0. The fourth-order valence-corrected chi connectivity index (χ4v) is 3.04. The van der Waals surface area contributed by atoms with Gasteiger partial charge in [0, 0.05) is 15.8 Å². The van der Waals surface area contributed by atoms with Gasteiger partial charge in [-0.25, -0.2) is 0 Å². The van der Waals surface area contributed by atoms with E-state index in [1.165, 1.54) is 22.6 Å². The van der Waals surface area contributed by atoms with Gasteiger partial charge in [-0.2, -0.15) is 0 Å². The summed E-state index contributed by atoms with van der Waals surface area (Å²) in [6.07, 6.45) is 4.59. The summed E-state index contributed by atoms with van der Waals surface area (Å²) in [5.41, 5.74) is 6.23. The van der Waals surface area contributed by atoms with Gasteiger partial charge in [-0.15, -0.1) is 11.3 Å². The maximum absolute atomic E-state index is 6.23. The van der Waals surface area contributed by atoms with Crippen LogP contribution < -0.4 is 5.73 Å². The van der Waals surface area contributed by atoms with Crippen molar-refractivity contribution < 1.29 is 0 Å². The molecule has 0 amide bonds. The van der Waals surface area contributed by atoms with Crippen molar-refractivity contribution in [2.75, 3.05) is 0 Å². The first-order valence-electron chi connectivity index (χ1n) is 6.04. The van der Waals surface area contributed by atoms with Crippen molar-refractivity contribution >= 4 is 11.3 Å². The lowest BCUT2D eigenvalue weighted by molar-refractivity contribution is 0.395. The molecule has 86 valence electrons. The third-order valence-electron chi connectivity index (χ3n) is 3.16. The standard InChI is InChI=1S/C13H23NS/c1-4-10(5-2)13(14)9-12-8-7-11(6-3)15-12/h7-8,10,13H,4-6,9,14H2,1-3H3. The van der Waals surface area contributed by atoms with Gasteiger partial charge in [0.25, 0.3) is 0 Å². The topological polar surface area (TPSA) is 26.0 Å². The molecule has 1 rings (SSSR count). The number of nitrogens with two attached hydrogens (primary N) is 1. The second-order valence-corrected chi connectivity index (χ2v) is 5.42. The molecule has 1 aromatic heterocycles. The zero-order valence-corrected chi connectivity index (χ0v) is 10.9. The molecular formula is C13H23NS. The van der Waals surface area contributed by atoms with E-state index in [0.717, 1.165) is 12.8 Å². The van der Waals surface area contributed by atoms with E-state index in [9.17, 15) is 0 Å². The van der Waals surface area contributed by atoms with Crippen LogP contribution in [0.25, 0.3) is 0 Å². The van der Waals surface area contributed by atoms with E-state index in [4.69, 9.17) is 5.73 Å². The van der Waals surface area contributed by atoms with Crippen molar-refractivity contribution in [1.82, 2.24) is 0 Å². The minimum Gasteiger partial charge on any atom is -0.327 e. The first-order valence-corrected chi connectivity index (χ1v) is 6.86. The highest BCUT2D eigenvalue weighted by molar-refractivity contribution is 7.11. The highest BCUT2D eigenvalue weighted by Crippen LogP contribution is 2.21. The van der Waals surface area contributed by atoms with E-state index in [1.807, 2.05) is 11.3 Å². The number of thiophene rings is 1. The van der Waals surface area contributed by atoms with Gasteiger partial charge in [0.1, 0.15) is 0 Å². The van der Waals surface area contributed by atoms with E-state index >= 15 is 0 Å². The van der Waals surface area contributed by atoms with E-state index in [1.54, 1.807) is 0 Å². The molecule has 0 fully saturated rings. The SMILES string of the molecule is CCc1ccc(CC(N)C(CC)CC)s1. The van der Waals surface area contributed by atoms with Gasteiger partial charge in [0.15, 0.2) is 0 Å². The van der Waals surface area contributed by atoms with Crippen molar-refractivity contribution in [2.24, 2.45) is 11.7 Å². The maximum atomic E-state index is 6.23. The fraction of sp³-hybridized carbons (Fsp3) is 0.692. The molecule has 0 aliphatic rings.